The van der Waals surface area contributed by atoms with E-state index in [1.807, 2.05) is 0 Å². The van der Waals surface area contributed by atoms with Gasteiger partial charge in [-0.15, -0.1) is 0 Å². The highest BCUT2D eigenvalue weighted by molar-refractivity contribution is 7.99. The molecule has 0 N–H and O–H groups in total. The Kier molecular flexibility index (Phi) is 10.6. The third kappa shape index (κ3) is 8.72. The maximum absolute atomic E-state index is 14.0. The third-order valence-electron chi connectivity index (χ3n) is 3.94. The summed E-state index contributed by atoms with van der Waals surface area (Å²) >= 11 is 1.68. The molecule has 7 nitrogen and oxygen atoms in total. The lowest BCUT2D eigenvalue weighted by atomic mass is 10.1. The molecular formula is C22H27FO7S. The van der Waals surface area contributed by atoms with Crippen LogP contribution in [0.15, 0.2) is 39.6 Å². The quantitative estimate of drug-likeness (QED) is 0.186. The van der Waals surface area contributed by atoms with Gasteiger partial charge in [-0.05, 0) is 31.5 Å². The molecule has 0 aliphatic carbocycles. The number of hydrogen-bond donors (Lipinski definition) is 0. The van der Waals surface area contributed by atoms with E-state index in [1.54, 1.807) is 31.7 Å². The lowest BCUT2D eigenvalue weighted by Gasteiger charge is -2.10. The Morgan fingerprint density at radius 1 is 1.06 bits per heavy atom. The van der Waals surface area contributed by atoms with E-state index in [4.69, 9.17) is 23.4 Å². The van der Waals surface area contributed by atoms with Gasteiger partial charge < -0.3 is 23.4 Å². The van der Waals surface area contributed by atoms with E-state index < -0.39 is 17.4 Å². The van der Waals surface area contributed by atoms with Crippen LogP contribution in [-0.4, -0.2) is 57.1 Å². The number of fused-ring (bicyclic) bond motifs is 1. The molecule has 0 saturated heterocycles. The van der Waals surface area contributed by atoms with Crippen LogP contribution in [0.3, 0.4) is 0 Å². The Morgan fingerprint density at radius 2 is 1.74 bits per heavy atom. The number of benzene rings is 1. The van der Waals surface area contributed by atoms with Crippen molar-refractivity contribution in [1.82, 2.24) is 0 Å². The summed E-state index contributed by atoms with van der Waals surface area (Å²) in [4.78, 5) is 22.8. The van der Waals surface area contributed by atoms with Gasteiger partial charge in [0.25, 0.3) is 0 Å². The molecule has 0 unspecified atom stereocenters. The second-order valence-corrected chi connectivity index (χ2v) is 7.88. The third-order valence-corrected chi connectivity index (χ3v) is 4.85. The minimum Gasteiger partial charge on any atom is -0.490 e. The lowest BCUT2D eigenvalue weighted by Crippen LogP contribution is -2.12. The smallest absolute Gasteiger partial charge is 0.340 e. The van der Waals surface area contributed by atoms with Gasteiger partial charge in [0, 0.05) is 17.1 Å². The maximum atomic E-state index is 14.0. The predicted octanol–water partition coefficient (Wildman–Crippen LogP) is 3.51. The fraction of sp³-hybridized carbons (Fsp3) is 0.455. The standard InChI is InChI=1S/C22H27FO7S/c1-15(2)22(25)29-7-5-27-9-11-31-10-8-26-4-6-28-19-14-20(24)30-21-17(19)12-16(3)13-18(21)23/h12-14H,1,4-11H2,2-3H3. The first-order valence-corrected chi connectivity index (χ1v) is 11.0. The molecule has 0 radical (unpaired) electrons. The van der Waals surface area contributed by atoms with Crippen molar-refractivity contribution in [3.8, 4) is 5.75 Å². The average Bonchev–Trinajstić information content (AvgIpc) is 2.71. The predicted molar refractivity (Wildman–Crippen MR) is 117 cm³/mol. The molecular weight excluding hydrogens is 427 g/mol. The minimum atomic E-state index is -0.668. The summed E-state index contributed by atoms with van der Waals surface area (Å²) in [5, 5.41) is 0.419. The van der Waals surface area contributed by atoms with Gasteiger partial charge >= 0.3 is 11.6 Å². The Balaban J connectivity index is 1.55. The molecule has 0 fully saturated rings. The lowest BCUT2D eigenvalue weighted by molar-refractivity contribution is -0.140. The number of carbonyl (C=O) groups excluding carboxylic acids is 1. The minimum absolute atomic E-state index is 0.110. The number of thioether (sulfide) groups is 1. The van der Waals surface area contributed by atoms with Crippen LogP contribution < -0.4 is 10.4 Å². The zero-order valence-corrected chi connectivity index (χ0v) is 18.6. The summed E-state index contributed by atoms with van der Waals surface area (Å²) in [6.07, 6.45) is 0. The molecule has 0 atom stereocenters. The number of carbonyl (C=O) groups is 1. The summed E-state index contributed by atoms with van der Waals surface area (Å²) in [5.41, 5.74) is 0.293. The number of hydrogen-bond acceptors (Lipinski definition) is 8. The van der Waals surface area contributed by atoms with Gasteiger partial charge in [0.15, 0.2) is 11.4 Å². The van der Waals surface area contributed by atoms with E-state index in [2.05, 4.69) is 6.58 Å². The molecule has 0 amide bonds. The van der Waals surface area contributed by atoms with Crippen molar-refractivity contribution in [3.05, 3.63) is 52.2 Å². The van der Waals surface area contributed by atoms with Gasteiger partial charge in [-0.2, -0.15) is 11.8 Å². The molecule has 2 rings (SSSR count). The van der Waals surface area contributed by atoms with Crippen molar-refractivity contribution < 1.29 is 32.5 Å². The zero-order valence-electron chi connectivity index (χ0n) is 17.7. The number of esters is 1. The van der Waals surface area contributed by atoms with Gasteiger partial charge in [0.2, 0.25) is 0 Å². The van der Waals surface area contributed by atoms with E-state index in [1.165, 1.54) is 12.1 Å². The fourth-order valence-electron chi connectivity index (χ4n) is 2.52. The molecule has 0 bridgehead atoms. The zero-order chi connectivity index (χ0) is 22.6. The summed E-state index contributed by atoms with van der Waals surface area (Å²) < 4.78 is 40.3. The first-order chi connectivity index (χ1) is 14.9. The van der Waals surface area contributed by atoms with Crippen LogP contribution in [0.1, 0.15) is 12.5 Å². The average molecular weight is 455 g/mol. The van der Waals surface area contributed by atoms with Crippen molar-refractivity contribution >= 4 is 28.7 Å². The van der Waals surface area contributed by atoms with Crippen LogP contribution in [0.25, 0.3) is 11.0 Å². The molecule has 0 aliphatic heterocycles. The molecule has 1 aromatic carbocycles. The molecule has 0 spiro atoms. The van der Waals surface area contributed by atoms with Gasteiger partial charge in [-0.25, -0.2) is 14.0 Å². The maximum Gasteiger partial charge on any atom is 0.340 e. The molecule has 1 aromatic heterocycles. The van der Waals surface area contributed by atoms with Crippen molar-refractivity contribution in [1.29, 1.82) is 0 Å². The van der Waals surface area contributed by atoms with Crippen LogP contribution in [0.5, 0.6) is 5.75 Å². The van der Waals surface area contributed by atoms with Crippen molar-refractivity contribution in [2.75, 3.05) is 51.1 Å². The van der Waals surface area contributed by atoms with Crippen LogP contribution >= 0.6 is 11.8 Å². The summed E-state index contributed by atoms with van der Waals surface area (Å²) in [5.74, 6) is 0.854. The first-order valence-electron chi connectivity index (χ1n) is 9.81. The van der Waals surface area contributed by atoms with Gasteiger partial charge in [0.1, 0.15) is 19.0 Å². The Hall–Kier alpha value is -2.36. The molecule has 170 valence electrons. The van der Waals surface area contributed by atoms with Crippen LogP contribution in [-0.2, 0) is 19.0 Å². The Bertz CT molecular complexity index is 941. The summed E-state index contributed by atoms with van der Waals surface area (Å²) in [6, 6.07) is 4.22. The van der Waals surface area contributed by atoms with Crippen LogP contribution in [0, 0.1) is 12.7 Å². The van der Waals surface area contributed by atoms with E-state index >= 15 is 0 Å². The highest BCUT2D eigenvalue weighted by Crippen LogP contribution is 2.27. The Labute approximate surface area is 184 Å². The number of aryl methyl sites for hydroxylation is 1. The molecule has 1 heterocycles. The fourth-order valence-corrected chi connectivity index (χ4v) is 3.19. The summed E-state index contributed by atoms with van der Waals surface area (Å²) in [6.45, 7) is 9.06. The van der Waals surface area contributed by atoms with Crippen LogP contribution in [0.4, 0.5) is 4.39 Å². The monoisotopic (exact) mass is 454 g/mol. The normalized spacial score (nSPS) is 10.9. The van der Waals surface area contributed by atoms with Crippen molar-refractivity contribution in [3.63, 3.8) is 0 Å². The van der Waals surface area contributed by atoms with Gasteiger partial charge in [-0.3, -0.25) is 0 Å². The first kappa shape index (κ1) is 24.9. The Morgan fingerprint density at radius 3 is 2.42 bits per heavy atom. The summed E-state index contributed by atoms with van der Waals surface area (Å²) in [7, 11) is 0. The highest BCUT2D eigenvalue weighted by atomic mass is 32.2. The van der Waals surface area contributed by atoms with Crippen LogP contribution in [0.2, 0.25) is 0 Å². The van der Waals surface area contributed by atoms with E-state index in [9.17, 15) is 14.0 Å². The van der Waals surface area contributed by atoms with Gasteiger partial charge in [-0.1, -0.05) is 6.58 Å². The SMILES string of the molecule is C=C(C)C(=O)OCCOCCSCCOCCOc1cc(=O)oc2c(F)cc(C)cc12. The number of ether oxygens (including phenoxy) is 4. The van der Waals surface area contributed by atoms with Crippen molar-refractivity contribution in [2.24, 2.45) is 0 Å². The molecule has 2 aromatic rings. The second-order valence-electron chi connectivity index (χ2n) is 6.65. The second kappa shape index (κ2) is 13.1. The highest BCUT2D eigenvalue weighted by Gasteiger charge is 2.12. The van der Waals surface area contributed by atoms with Crippen molar-refractivity contribution in [2.45, 2.75) is 13.8 Å². The topological polar surface area (TPSA) is 84.2 Å². The molecule has 0 saturated carbocycles. The van der Waals surface area contributed by atoms with E-state index in [-0.39, 0.29) is 24.5 Å². The molecule has 31 heavy (non-hydrogen) atoms. The van der Waals surface area contributed by atoms with Gasteiger partial charge in [0.05, 0.1) is 37.9 Å². The molecule has 9 heteroatoms. The largest absolute Gasteiger partial charge is 0.490 e. The number of rotatable bonds is 14. The molecule has 0 aliphatic rings. The van der Waals surface area contributed by atoms with E-state index in [0.29, 0.717) is 43.0 Å². The van der Waals surface area contributed by atoms with E-state index in [0.717, 1.165) is 11.5 Å². The number of halogens is 1.